The van der Waals surface area contributed by atoms with Crippen LogP contribution in [0.1, 0.15) is 33.6 Å². The number of allylic oxidation sites excluding steroid dienone is 1. The molecule has 3 aliphatic rings. The summed E-state index contributed by atoms with van der Waals surface area (Å²) in [6.07, 6.45) is 5.86. The normalized spacial score (nSPS) is 37.3. The zero-order chi connectivity index (χ0) is 13.1. The number of fused-ring (bicyclic) bond motifs is 4. The highest BCUT2D eigenvalue weighted by atomic mass is 16.6. The lowest BCUT2D eigenvalue weighted by molar-refractivity contribution is -0.160. The van der Waals surface area contributed by atoms with E-state index in [2.05, 4.69) is 12.2 Å². The van der Waals surface area contributed by atoms with Crippen LogP contribution >= 0.6 is 0 Å². The van der Waals surface area contributed by atoms with Crippen molar-refractivity contribution in [3.63, 3.8) is 0 Å². The van der Waals surface area contributed by atoms with Gasteiger partial charge in [0.2, 0.25) is 5.91 Å². The van der Waals surface area contributed by atoms with Crippen molar-refractivity contribution < 1.29 is 14.3 Å². The van der Waals surface area contributed by atoms with Crippen molar-refractivity contribution in [3.8, 4) is 0 Å². The van der Waals surface area contributed by atoms with Crippen molar-refractivity contribution in [2.75, 3.05) is 0 Å². The molecule has 0 aromatic heterocycles. The molecule has 1 aliphatic heterocycles. The number of amides is 2. The average Bonchev–Trinajstić information content (AvgIpc) is 2.61. The van der Waals surface area contributed by atoms with Gasteiger partial charge in [0.15, 0.2) is 0 Å². The molecule has 1 saturated heterocycles. The Balaban J connectivity index is 1.76. The molecular weight excluding hydrogens is 230 g/mol. The molecule has 1 heterocycles. The summed E-state index contributed by atoms with van der Waals surface area (Å²) in [6, 6.07) is 0.0438. The number of β-lactam (4-membered cyclic amide) rings is 1. The minimum Gasteiger partial charge on any atom is -0.443 e. The molecule has 2 amide bonds. The summed E-state index contributed by atoms with van der Waals surface area (Å²) in [5.74, 6) is 0.879. The Hall–Kier alpha value is -1.32. The molecule has 98 valence electrons. The van der Waals surface area contributed by atoms with Crippen LogP contribution in [0, 0.1) is 17.8 Å². The molecule has 3 rings (SSSR count). The van der Waals surface area contributed by atoms with Crippen LogP contribution in [-0.4, -0.2) is 28.5 Å². The maximum atomic E-state index is 12.0. The Bertz CT molecular complexity index is 435. The van der Waals surface area contributed by atoms with E-state index in [9.17, 15) is 9.59 Å². The van der Waals surface area contributed by atoms with Crippen LogP contribution in [-0.2, 0) is 9.53 Å². The molecule has 0 radical (unpaired) electrons. The molecule has 1 saturated carbocycles. The zero-order valence-corrected chi connectivity index (χ0v) is 11.1. The SMILES string of the molecule is CC(C)(C)OC(=O)N1C(=O)C2C[C@@H]3C=C[C@@H](C3)C21. The predicted octanol–water partition coefficient (Wildman–Crippen LogP) is 2.34. The Labute approximate surface area is 107 Å². The van der Waals surface area contributed by atoms with Crippen LogP contribution in [0.25, 0.3) is 0 Å². The fourth-order valence-corrected chi connectivity index (χ4v) is 3.38. The van der Waals surface area contributed by atoms with E-state index < -0.39 is 11.7 Å². The highest BCUT2D eigenvalue weighted by Crippen LogP contribution is 2.48. The molecule has 2 aliphatic carbocycles. The number of imide groups is 1. The van der Waals surface area contributed by atoms with Gasteiger partial charge in [-0.15, -0.1) is 0 Å². The molecule has 4 atom stereocenters. The number of carbonyl (C=O) groups is 2. The van der Waals surface area contributed by atoms with Gasteiger partial charge in [-0.2, -0.15) is 0 Å². The van der Waals surface area contributed by atoms with Crippen molar-refractivity contribution >= 4 is 12.0 Å². The lowest BCUT2D eigenvalue weighted by Gasteiger charge is -2.51. The van der Waals surface area contributed by atoms with Gasteiger partial charge in [0.05, 0.1) is 12.0 Å². The Morgan fingerprint density at radius 3 is 2.72 bits per heavy atom. The lowest BCUT2D eigenvalue weighted by atomic mass is 9.69. The van der Waals surface area contributed by atoms with Crippen molar-refractivity contribution in [2.24, 2.45) is 17.8 Å². The first-order chi connectivity index (χ1) is 8.37. The highest BCUT2D eigenvalue weighted by Gasteiger charge is 2.58. The van der Waals surface area contributed by atoms with Gasteiger partial charge in [-0.05, 0) is 45.4 Å². The molecule has 2 fully saturated rings. The highest BCUT2D eigenvalue weighted by molar-refractivity contribution is 6.00. The summed E-state index contributed by atoms with van der Waals surface area (Å²) >= 11 is 0. The third-order valence-electron chi connectivity index (χ3n) is 4.06. The van der Waals surface area contributed by atoms with E-state index in [4.69, 9.17) is 4.74 Å². The van der Waals surface area contributed by atoms with Gasteiger partial charge in [-0.1, -0.05) is 12.2 Å². The third-order valence-corrected chi connectivity index (χ3v) is 4.06. The largest absolute Gasteiger partial charge is 0.443 e. The standard InChI is InChI=1S/C14H19NO3/c1-14(2,3)18-13(17)15-11-9-5-4-8(6-9)7-10(11)12(15)16/h4-5,8-11H,6-7H2,1-3H3/t8-,9+,10?,11?/m1/s1. The monoisotopic (exact) mass is 249 g/mol. The first kappa shape index (κ1) is 11.8. The van der Waals surface area contributed by atoms with Gasteiger partial charge >= 0.3 is 6.09 Å². The Morgan fingerprint density at radius 1 is 1.33 bits per heavy atom. The number of carbonyl (C=O) groups excluding carboxylic acids is 2. The van der Waals surface area contributed by atoms with Gasteiger partial charge in [0.25, 0.3) is 0 Å². The molecule has 2 bridgehead atoms. The number of nitrogens with zero attached hydrogens (tertiary/aromatic N) is 1. The topological polar surface area (TPSA) is 46.6 Å². The molecule has 4 nitrogen and oxygen atoms in total. The first-order valence-electron chi connectivity index (χ1n) is 6.61. The summed E-state index contributed by atoms with van der Waals surface area (Å²) in [6.45, 7) is 5.46. The smallest absolute Gasteiger partial charge is 0.417 e. The van der Waals surface area contributed by atoms with Gasteiger partial charge in [0, 0.05) is 0 Å². The van der Waals surface area contributed by atoms with Gasteiger partial charge < -0.3 is 4.74 Å². The molecule has 18 heavy (non-hydrogen) atoms. The number of hydrogen-bond donors (Lipinski definition) is 0. The summed E-state index contributed by atoms with van der Waals surface area (Å²) in [7, 11) is 0. The van der Waals surface area contributed by atoms with E-state index in [1.165, 1.54) is 4.90 Å². The van der Waals surface area contributed by atoms with E-state index in [0.29, 0.717) is 11.8 Å². The second kappa shape index (κ2) is 3.59. The van der Waals surface area contributed by atoms with Gasteiger partial charge in [-0.3, -0.25) is 4.79 Å². The van der Waals surface area contributed by atoms with Crippen molar-refractivity contribution in [2.45, 2.75) is 45.3 Å². The molecular formula is C14H19NO3. The van der Waals surface area contributed by atoms with Crippen molar-refractivity contribution in [1.82, 2.24) is 4.90 Å². The van der Waals surface area contributed by atoms with Crippen LogP contribution < -0.4 is 0 Å². The average molecular weight is 249 g/mol. The summed E-state index contributed by atoms with van der Waals surface area (Å²) in [4.78, 5) is 25.4. The lowest BCUT2D eigenvalue weighted by Crippen LogP contribution is -2.67. The van der Waals surface area contributed by atoms with Crippen LogP contribution in [0.4, 0.5) is 4.79 Å². The third kappa shape index (κ3) is 1.66. The van der Waals surface area contributed by atoms with Crippen LogP contribution in [0.5, 0.6) is 0 Å². The fourth-order valence-electron chi connectivity index (χ4n) is 3.38. The predicted molar refractivity (Wildman–Crippen MR) is 65.7 cm³/mol. The minimum atomic E-state index is -0.550. The van der Waals surface area contributed by atoms with Crippen LogP contribution in [0.2, 0.25) is 0 Å². The molecule has 0 aromatic rings. The van der Waals surface area contributed by atoms with E-state index in [-0.39, 0.29) is 17.9 Å². The second-order valence-corrected chi connectivity index (χ2v) is 6.57. The maximum Gasteiger partial charge on any atom is 0.417 e. The summed E-state index contributed by atoms with van der Waals surface area (Å²) in [5.41, 5.74) is -0.550. The molecule has 0 spiro atoms. The van der Waals surface area contributed by atoms with Crippen LogP contribution in [0.3, 0.4) is 0 Å². The van der Waals surface area contributed by atoms with Gasteiger partial charge in [-0.25, -0.2) is 9.69 Å². The van der Waals surface area contributed by atoms with E-state index in [0.717, 1.165) is 12.8 Å². The molecule has 4 heteroatoms. The van der Waals surface area contributed by atoms with Gasteiger partial charge in [0.1, 0.15) is 5.60 Å². The number of ether oxygens (including phenoxy) is 1. The van der Waals surface area contributed by atoms with E-state index in [1.807, 2.05) is 20.8 Å². The summed E-state index contributed by atoms with van der Waals surface area (Å²) in [5, 5.41) is 0. The Morgan fingerprint density at radius 2 is 2.06 bits per heavy atom. The van der Waals surface area contributed by atoms with Crippen LogP contribution in [0.15, 0.2) is 12.2 Å². The fraction of sp³-hybridized carbons (Fsp3) is 0.714. The summed E-state index contributed by atoms with van der Waals surface area (Å²) < 4.78 is 5.31. The number of rotatable bonds is 0. The van der Waals surface area contributed by atoms with Crippen molar-refractivity contribution in [3.05, 3.63) is 12.2 Å². The quantitative estimate of drug-likeness (QED) is 0.489. The second-order valence-electron chi connectivity index (χ2n) is 6.57. The first-order valence-corrected chi connectivity index (χ1v) is 6.61. The molecule has 0 aromatic carbocycles. The van der Waals surface area contributed by atoms with Crippen molar-refractivity contribution in [1.29, 1.82) is 0 Å². The number of likely N-dealkylation sites (tertiary alicyclic amines) is 1. The zero-order valence-electron chi connectivity index (χ0n) is 11.1. The van der Waals surface area contributed by atoms with E-state index >= 15 is 0 Å². The maximum absolute atomic E-state index is 12.0. The molecule has 2 unspecified atom stereocenters. The molecule has 0 N–H and O–H groups in total. The number of hydrogen-bond acceptors (Lipinski definition) is 3. The Kier molecular flexibility index (Phi) is 2.34. The minimum absolute atomic E-state index is 0.0382. The van der Waals surface area contributed by atoms with E-state index in [1.54, 1.807) is 0 Å².